The average molecular weight is 333 g/mol. The number of hydrogen-bond donors (Lipinski definition) is 0. The van der Waals surface area contributed by atoms with Crippen molar-refractivity contribution in [1.82, 2.24) is 14.9 Å². The highest BCUT2D eigenvalue weighted by molar-refractivity contribution is 6.15. The molecule has 5 heteroatoms. The Labute approximate surface area is 148 Å². The monoisotopic (exact) mass is 333 g/mol. The Bertz CT molecular complexity index is 832. The number of fused-ring (bicyclic) bond motifs is 1. The van der Waals surface area contributed by atoms with Gasteiger partial charge in [-0.15, -0.1) is 0 Å². The van der Waals surface area contributed by atoms with E-state index < -0.39 is 0 Å². The van der Waals surface area contributed by atoms with Crippen molar-refractivity contribution >= 4 is 11.5 Å². The van der Waals surface area contributed by atoms with E-state index in [0.29, 0.717) is 5.92 Å². The lowest BCUT2D eigenvalue weighted by Gasteiger charge is -2.33. The lowest BCUT2D eigenvalue weighted by molar-refractivity contribution is 0.312. The predicted octanol–water partition coefficient (Wildman–Crippen LogP) is 2.46. The number of hydrogen-bond acceptors (Lipinski definition) is 5. The van der Waals surface area contributed by atoms with Crippen molar-refractivity contribution in [2.45, 2.75) is 25.3 Å². The van der Waals surface area contributed by atoms with Gasteiger partial charge in [-0.25, -0.2) is 4.98 Å². The molecule has 5 nitrogen and oxygen atoms in total. The Morgan fingerprint density at radius 3 is 2.68 bits per heavy atom. The van der Waals surface area contributed by atoms with Gasteiger partial charge in [0.25, 0.3) is 0 Å². The zero-order valence-electron chi connectivity index (χ0n) is 14.6. The van der Waals surface area contributed by atoms with Gasteiger partial charge in [-0.3, -0.25) is 9.98 Å². The number of piperazine rings is 1. The van der Waals surface area contributed by atoms with Crippen molar-refractivity contribution in [1.29, 1.82) is 0 Å². The summed E-state index contributed by atoms with van der Waals surface area (Å²) in [6, 6.07) is 6.57. The number of aromatic nitrogens is 2. The fourth-order valence-corrected chi connectivity index (χ4v) is 3.72. The zero-order chi connectivity index (χ0) is 16.8. The first-order valence-electron chi connectivity index (χ1n) is 9.21. The van der Waals surface area contributed by atoms with E-state index in [4.69, 9.17) is 4.99 Å². The van der Waals surface area contributed by atoms with Crippen LogP contribution in [0.15, 0.2) is 35.6 Å². The summed E-state index contributed by atoms with van der Waals surface area (Å²) in [4.78, 5) is 18.8. The first kappa shape index (κ1) is 15.0. The van der Waals surface area contributed by atoms with Crippen LogP contribution >= 0.6 is 0 Å². The Hall–Kier alpha value is -2.27. The summed E-state index contributed by atoms with van der Waals surface area (Å²) in [5.41, 5.74) is 6.04. The molecule has 2 aliphatic heterocycles. The van der Waals surface area contributed by atoms with Crippen LogP contribution in [0.5, 0.6) is 0 Å². The van der Waals surface area contributed by atoms with Crippen molar-refractivity contribution in [3.05, 3.63) is 53.0 Å². The fraction of sp³-hybridized carbons (Fsp3) is 0.450. The largest absolute Gasteiger partial charge is 0.354 e. The SMILES string of the molecule is CN1CCN(c2cc(C3=NCc4cnc(C5CC5)cc43)ccn2)CC1. The highest BCUT2D eigenvalue weighted by Crippen LogP contribution is 2.40. The van der Waals surface area contributed by atoms with Crippen molar-refractivity contribution in [2.75, 3.05) is 38.1 Å². The molecule has 25 heavy (non-hydrogen) atoms. The van der Waals surface area contributed by atoms with Crippen LogP contribution < -0.4 is 4.90 Å². The molecule has 0 aromatic carbocycles. The number of anilines is 1. The molecule has 0 amide bonds. The molecular formula is C20H23N5. The summed E-state index contributed by atoms with van der Waals surface area (Å²) >= 11 is 0. The van der Waals surface area contributed by atoms with E-state index in [0.717, 1.165) is 44.3 Å². The van der Waals surface area contributed by atoms with E-state index >= 15 is 0 Å². The first-order chi connectivity index (χ1) is 12.3. The lowest BCUT2D eigenvalue weighted by Crippen LogP contribution is -2.44. The molecule has 3 aliphatic rings. The lowest BCUT2D eigenvalue weighted by atomic mass is 10.0. The molecule has 128 valence electrons. The summed E-state index contributed by atoms with van der Waals surface area (Å²) in [5, 5.41) is 0. The van der Waals surface area contributed by atoms with Gasteiger partial charge in [0.2, 0.25) is 0 Å². The van der Waals surface area contributed by atoms with Crippen molar-refractivity contribution in [3.63, 3.8) is 0 Å². The van der Waals surface area contributed by atoms with Gasteiger partial charge in [0.05, 0.1) is 12.3 Å². The summed E-state index contributed by atoms with van der Waals surface area (Å²) in [5.74, 6) is 1.74. The van der Waals surface area contributed by atoms with Crippen molar-refractivity contribution < 1.29 is 0 Å². The van der Waals surface area contributed by atoms with E-state index in [2.05, 4.69) is 45.0 Å². The van der Waals surface area contributed by atoms with Crippen LogP contribution in [0.3, 0.4) is 0 Å². The van der Waals surface area contributed by atoms with Crippen LogP contribution in [0.1, 0.15) is 41.1 Å². The summed E-state index contributed by atoms with van der Waals surface area (Å²) < 4.78 is 0. The maximum atomic E-state index is 4.82. The number of aliphatic imine (C=N–C) groups is 1. The van der Waals surface area contributed by atoms with Crippen LogP contribution in [0, 0.1) is 0 Å². The van der Waals surface area contributed by atoms with Gasteiger partial charge in [-0.1, -0.05) is 0 Å². The highest BCUT2D eigenvalue weighted by atomic mass is 15.3. The van der Waals surface area contributed by atoms with Gasteiger partial charge >= 0.3 is 0 Å². The molecule has 1 saturated carbocycles. The molecular weight excluding hydrogens is 310 g/mol. The number of rotatable bonds is 3. The van der Waals surface area contributed by atoms with E-state index in [1.807, 2.05) is 12.4 Å². The van der Waals surface area contributed by atoms with Crippen LogP contribution in [0.4, 0.5) is 5.82 Å². The standard InChI is InChI=1S/C20H23N5/c1-24-6-8-25(9-7-24)19-10-15(4-5-21-19)20-17-11-18(14-2-3-14)22-12-16(17)13-23-20/h4-5,10-12,14H,2-3,6-9,13H2,1H3. The third kappa shape index (κ3) is 2.82. The summed E-state index contributed by atoms with van der Waals surface area (Å²) in [6.45, 7) is 4.99. The van der Waals surface area contributed by atoms with Gasteiger partial charge < -0.3 is 9.80 Å². The van der Waals surface area contributed by atoms with Crippen LogP contribution in [0.25, 0.3) is 0 Å². The molecule has 0 atom stereocenters. The van der Waals surface area contributed by atoms with E-state index in [1.165, 1.54) is 35.2 Å². The third-order valence-electron chi connectivity index (χ3n) is 5.51. The molecule has 0 bridgehead atoms. The predicted molar refractivity (Wildman–Crippen MR) is 99.5 cm³/mol. The normalized spacial score (nSPS) is 20.5. The maximum absolute atomic E-state index is 4.82. The zero-order valence-corrected chi connectivity index (χ0v) is 14.6. The van der Waals surface area contributed by atoms with Gasteiger partial charge in [-0.05, 0) is 38.1 Å². The Morgan fingerprint density at radius 1 is 1.04 bits per heavy atom. The maximum Gasteiger partial charge on any atom is 0.129 e. The number of likely N-dealkylation sites (N-methyl/N-ethyl adjacent to an activating group) is 1. The molecule has 2 aromatic rings. The molecule has 2 aromatic heterocycles. The highest BCUT2D eigenvalue weighted by Gasteiger charge is 2.28. The topological polar surface area (TPSA) is 44.6 Å². The number of nitrogens with zero attached hydrogens (tertiary/aromatic N) is 5. The smallest absolute Gasteiger partial charge is 0.129 e. The van der Waals surface area contributed by atoms with Gasteiger partial charge in [-0.2, -0.15) is 0 Å². The van der Waals surface area contributed by atoms with Gasteiger partial charge in [0.1, 0.15) is 5.82 Å². The van der Waals surface area contributed by atoms with Gasteiger partial charge in [0.15, 0.2) is 0 Å². The van der Waals surface area contributed by atoms with Crippen molar-refractivity contribution in [3.8, 4) is 0 Å². The minimum Gasteiger partial charge on any atom is -0.354 e. The minimum atomic E-state index is 0.672. The molecule has 2 fully saturated rings. The molecule has 0 spiro atoms. The molecule has 1 saturated heterocycles. The molecule has 1 aliphatic carbocycles. The second kappa shape index (κ2) is 5.92. The van der Waals surface area contributed by atoms with Crippen LogP contribution in [-0.4, -0.2) is 53.8 Å². The quantitative estimate of drug-likeness (QED) is 0.865. The van der Waals surface area contributed by atoms with Gasteiger partial charge in [0, 0.05) is 66.9 Å². The molecule has 0 unspecified atom stereocenters. The fourth-order valence-electron chi connectivity index (χ4n) is 3.72. The second-order valence-corrected chi connectivity index (χ2v) is 7.40. The first-order valence-corrected chi connectivity index (χ1v) is 9.21. The second-order valence-electron chi connectivity index (χ2n) is 7.40. The van der Waals surface area contributed by atoms with Crippen LogP contribution in [0.2, 0.25) is 0 Å². The summed E-state index contributed by atoms with van der Waals surface area (Å²) in [7, 11) is 2.18. The summed E-state index contributed by atoms with van der Waals surface area (Å²) in [6.07, 6.45) is 6.51. The Kier molecular flexibility index (Phi) is 3.55. The Morgan fingerprint density at radius 2 is 1.88 bits per heavy atom. The minimum absolute atomic E-state index is 0.672. The third-order valence-corrected chi connectivity index (χ3v) is 5.51. The number of pyridine rings is 2. The molecule has 5 rings (SSSR count). The average Bonchev–Trinajstić information content (AvgIpc) is 3.41. The Balaban J connectivity index is 1.45. The molecule has 0 radical (unpaired) electrons. The van der Waals surface area contributed by atoms with Crippen molar-refractivity contribution in [2.24, 2.45) is 4.99 Å². The van der Waals surface area contributed by atoms with Crippen LogP contribution in [-0.2, 0) is 6.54 Å². The van der Waals surface area contributed by atoms with E-state index in [-0.39, 0.29) is 0 Å². The molecule has 4 heterocycles. The van der Waals surface area contributed by atoms with E-state index in [9.17, 15) is 0 Å². The molecule has 0 N–H and O–H groups in total. The van der Waals surface area contributed by atoms with E-state index in [1.54, 1.807) is 0 Å².